The van der Waals surface area contributed by atoms with E-state index in [0.717, 1.165) is 34.9 Å². The number of aliphatic hydroxyl groups is 2. The average Bonchev–Trinajstić information content (AvgIpc) is 3.60. The molecule has 49 heavy (non-hydrogen) atoms. The lowest BCUT2D eigenvalue weighted by Gasteiger charge is -2.37. The summed E-state index contributed by atoms with van der Waals surface area (Å²) in [6.45, 7) is 1.62. The van der Waals surface area contributed by atoms with Crippen LogP contribution in [0.2, 0.25) is 0 Å². The number of anilines is 2. The fourth-order valence-electron chi connectivity index (χ4n) is 5.79. The summed E-state index contributed by atoms with van der Waals surface area (Å²) in [4.78, 5) is 12.1. The molecule has 1 fully saturated rings. The van der Waals surface area contributed by atoms with Gasteiger partial charge in [0.15, 0.2) is 5.60 Å². The largest absolute Gasteiger partial charge is 0.391 e. The van der Waals surface area contributed by atoms with Crippen LogP contribution in [0.1, 0.15) is 29.5 Å². The van der Waals surface area contributed by atoms with Crippen molar-refractivity contribution in [1.29, 1.82) is 0 Å². The summed E-state index contributed by atoms with van der Waals surface area (Å²) in [6.07, 6.45) is -3.90. The third-order valence-corrected chi connectivity index (χ3v) is 8.43. The fraction of sp³-hybridized carbons (Fsp3) is 0.303. The second-order valence-corrected chi connectivity index (χ2v) is 11.7. The number of pyridine rings is 2. The minimum Gasteiger partial charge on any atom is -0.386 e. The number of hydrogen-bond donors (Lipinski definition) is 2. The Hall–Kier alpha value is -5.09. The molecule has 0 amide bonds. The molecule has 10 nitrogen and oxygen atoms in total. The first-order valence-corrected chi connectivity index (χ1v) is 15.2. The molecule has 5 aromatic rings. The second-order valence-electron chi connectivity index (χ2n) is 11.7. The summed E-state index contributed by atoms with van der Waals surface area (Å²) in [6, 6.07) is 17.5. The molecule has 2 aromatic carbocycles. The van der Waals surface area contributed by atoms with Gasteiger partial charge in [0.2, 0.25) is 0 Å². The summed E-state index contributed by atoms with van der Waals surface area (Å²) >= 11 is 0. The predicted molar refractivity (Wildman–Crippen MR) is 166 cm³/mol. The van der Waals surface area contributed by atoms with Crippen LogP contribution in [0.15, 0.2) is 91.5 Å². The fourth-order valence-corrected chi connectivity index (χ4v) is 5.79. The zero-order valence-corrected chi connectivity index (χ0v) is 25.7. The van der Waals surface area contributed by atoms with E-state index in [4.69, 9.17) is 0 Å². The van der Waals surface area contributed by atoms with E-state index in [1.54, 1.807) is 6.07 Å². The van der Waals surface area contributed by atoms with Gasteiger partial charge in [0.25, 0.3) is 0 Å². The van der Waals surface area contributed by atoms with E-state index >= 15 is 8.78 Å². The molecular weight excluding hydrogens is 654 g/mol. The van der Waals surface area contributed by atoms with Gasteiger partial charge < -0.3 is 20.0 Å². The molecule has 2 N–H and O–H groups in total. The van der Waals surface area contributed by atoms with E-state index in [1.807, 2.05) is 29.2 Å². The van der Waals surface area contributed by atoms with Crippen molar-refractivity contribution in [1.82, 2.24) is 30.2 Å². The quantitative estimate of drug-likeness (QED) is 0.190. The second kappa shape index (κ2) is 13.4. The summed E-state index contributed by atoms with van der Waals surface area (Å²) in [5.41, 5.74) is -1.25. The lowest BCUT2D eigenvalue weighted by atomic mass is 9.85. The molecule has 3 aromatic heterocycles. The van der Waals surface area contributed by atoms with E-state index < -0.39 is 48.3 Å². The summed E-state index contributed by atoms with van der Waals surface area (Å²) in [5, 5.41) is 31.8. The van der Waals surface area contributed by atoms with Crippen molar-refractivity contribution in [2.45, 2.75) is 36.8 Å². The van der Waals surface area contributed by atoms with Crippen molar-refractivity contribution in [3.63, 3.8) is 0 Å². The highest BCUT2D eigenvalue weighted by atomic mass is 19.4. The zero-order chi connectivity index (χ0) is 34.8. The van der Waals surface area contributed by atoms with E-state index in [1.165, 1.54) is 36.7 Å². The first-order valence-electron chi connectivity index (χ1n) is 15.2. The molecular formula is C33H30F6N8O2. The van der Waals surface area contributed by atoms with Crippen LogP contribution in [-0.4, -0.2) is 72.7 Å². The van der Waals surface area contributed by atoms with Crippen molar-refractivity contribution in [2.24, 2.45) is 0 Å². The zero-order valence-electron chi connectivity index (χ0n) is 25.7. The Morgan fingerprint density at radius 3 is 2.10 bits per heavy atom. The standard InChI is InChI=1S/C33H30F6N8O2/c34-25-3-1-2-24(16-25)31(49,20-47-21-42-43-44-47)33(38,39)30-9-6-23(19-41-30)22-4-7-26(8-5-22)45-12-14-46(15-13-45)27-10-11-40-28(17-27)29(48)18-32(35,36)37/h1-11,16-17,19,21,29,48-49H,12-15,18,20H2/t29?,31-/m0/s1. The van der Waals surface area contributed by atoms with Gasteiger partial charge in [0.1, 0.15) is 23.9 Å². The van der Waals surface area contributed by atoms with Gasteiger partial charge >= 0.3 is 12.1 Å². The van der Waals surface area contributed by atoms with Crippen molar-refractivity contribution in [2.75, 3.05) is 36.0 Å². The molecule has 0 spiro atoms. The van der Waals surface area contributed by atoms with Gasteiger partial charge in [-0.2, -0.15) is 22.0 Å². The Labute approximate surface area is 276 Å². The van der Waals surface area contributed by atoms with Crippen LogP contribution < -0.4 is 9.80 Å². The Balaban J connectivity index is 1.13. The lowest BCUT2D eigenvalue weighted by molar-refractivity contribution is -0.206. The summed E-state index contributed by atoms with van der Waals surface area (Å²) in [7, 11) is 0. The molecule has 0 saturated carbocycles. The van der Waals surface area contributed by atoms with Crippen LogP contribution in [0.5, 0.6) is 0 Å². The van der Waals surface area contributed by atoms with Crippen molar-refractivity contribution >= 4 is 11.4 Å². The lowest BCUT2D eigenvalue weighted by Crippen LogP contribution is -2.47. The first kappa shape index (κ1) is 33.8. The Kier molecular flexibility index (Phi) is 9.26. The highest BCUT2D eigenvalue weighted by Gasteiger charge is 2.57. The molecule has 1 saturated heterocycles. The number of rotatable bonds is 10. The van der Waals surface area contributed by atoms with Crippen LogP contribution in [0.25, 0.3) is 11.1 Å². The molecule has 1 aliphatic rings. The number of benzene rings is 2. The van der Waals surface area contributed by atoms with Crippen LogP contribution in [0.3, 0.4) is 0 Å². The molecule has 0 bridgehead atoms. The maximum atomic E-state index is 16.1. The van der Waals surface area contributed by atoms with E-state index in [2.05, 4.69) is 30.4 Å². The number of nitrogens with zero attached hydrogens (tertiary/aromatic N) is 8. The molecule has 0 aliphatic carbocycles. The molecule has 16 heteroatoms. The van der Waals surface area contributed by atoms with Crippen molar-refractivity contribution in [3.05, 3.63) is 114 Å². The van der Waals surface area contributed by atoms with Crippen molar-refractivity contribution < 1.29 is 36.6 Å². The predicted octanol–water partition coefficient (Wildman–Crippen LogP) is 5.26. The minimum absolute atomic E-state index is 0.0364. The van der Waals surface area contributed by atoms with E-state index in [9.17, 15) is 27.8 Å². The number of piperazine rings is 1. The van der Waals surface area contributed by atoms with Crippen LogP contribution in [0, 0.1) is 5.82 Å². The highest BCUT2D eigenvalue weighted by Crippen LogP contribution is 2.46. The topological polar surface area (TPSA) is 116 Å². The molecule has 4 heterocycles. The van der Waals surface area contributed by atoms with Crippen LogP contribution in [0.4, 0.5) is 37.7 Å². The van der Waals surface area contributed by atoms with Gasteiger partial charge in [0, 0.05) is 55.5 Å². The number of aliphatic hydroxyl groups excluding tert-OH is 1. The van der Waals surface area contributed by atoms with Gasteiger partial charge in [-0.05, 0) is 64.0 Å². The van der Waals surface area contributed by atoms with E-state index in [0.29, 0.717) is 43.0 Å². The molecule has 0 radical (unpaired) electrons. The molecule has 6 rings (SSSR count). The number of alkyl halides is 5. The number of tetrazole rings is 1. The van der Waals surface area contributed by atoms with Crippen molar-refractivity contribution in [3.8, 4) is 11.1 Å². The minimum atomic E-state index is -4.51. The van der Waals surface area contributed by atoms with Gasteiger partial charge in [-0.3, -0.25) is 9.97 Å². The van der Waals surface area contributed by atoms with Crippen LogP contribution >= 0.6 is 0 Å². The van der Waals surface area contributed by atoms with Crippen LogP contribution in [-0.2, 0) is 18.1 Å². The number of aromatic nitrogens is 6. The SMILES string of the molecule is OC(CC(F)(F)F)c1cc(N2CCN(c3ccc(-c4ccc(C(F)(F)[C@](O)(Cn5cnnn5)c5cccc(F)c5)nc4)cc3)CC2)ccn1. The Morgan fingerprint density at radius 1 is 0.796 bits per heavy atom. The maximum Gasteiger partial charge on any atom is 0.391 e. The first-order chi connectivity index (χ1) is 23.3. The Morgan fingerprint density at radius 2 is 1.49 bits per heavy atom. The van der Waals surface area contributed by atoms with Gasteiger partial charge in [-0.1, -0.05) is 30.3 Å². The third-order valence-electron chi connectivity index (χ3n) is 8.43. The van der Waals surface area contributed by atoms with E-state index in [-0.39, 0.29) is 11.3 Å². The van der Waals surface area contributed by atoms with Gasteiger partial charge in [-0.15, -0.1) is 5.10 Å². The Bertz CT molecular complexity index is 1850. The average molecular weight is 685 g/mol. The maximum absolute atomic E-state index is 16.1. The monoisotopic (exact) mass is 684 g/mol. The molecule has 256 valence electrons. The number of halogens is 6. The smallest absolute Gasteiger partial charge is 0.386 e. The molecule has 1 unspecified atom stereocenters. The number of hydrogen-bond acceptors (Lipinski definition) is 9. The van der Waals surface area contributed by atoms with Gasteiger partial charge in [-0.25, -0.2) is 9.07 Å². The normalized spacial score (nSPS) is 16.0. The molecule has 1 aliphatic heterocycles. The summed E-state index contributed by atoms with van der Waals surface area (Å²) < 4.78 is 85.3. The van der Waals surface area contributed by atoms with Gasteiger partial charge in [0.05, 0.1) is 18.7 Å². The summed E-state index contributed by atoms with van der Waals surface area (Å²) in [5.74, 6) is -4.79. The molecule has 2 atom stereocenters. The third kappa shape index (κ3) is 7.34. The highest BCUT2D eigenvalue weighted by molar-refractivity contribution is 5.66.